The molecule has 3 rings (SSSR count). The van der Waals surface area contributed by atoms with Gasteiger partial charge in [0.25, 0.3) is 0 Å². The van der Waals surface area contributed by atoms with Crippen molar-refractivity contribution in [1.29, 1.82) is 0 Å². The summed E-state index contributed by atoms with van der Waals surface area (Å²) in [6.45, 7) is 7.28. The standard InChI is InChI=1S/C24H38N2O2/c1-2-28-19-21-11-8-16-26(17-21)18-22-12-6-7-13-23(22)25-24(27)15-14-20-9-4-3-5-10-20/h3-5,9-10,21-23H,2,6-8,11-19H2,1H3,(H,25,27)/t21?,22?,23-/m0/s1. The Morgan fingerprint density at radius 1 is 1.14 bits per heavy atom. The second-order valence-corrected chi connectivity index (χ2v) is 8.63. The highest BCUT2D eigenvalue weighted by molar-refractivity contribution is 5.76. The van der Waals surface area contributed by atoms with Gasteiger partial charge >= 0.3 is 0 Å². The van der Waals surface area contributed by atoms with Crippen LogP contribution in [0.3, 0.4) is 0 Å². The van der Waals surface area contributed by atoms with E-state index < -0.39 is 0 Å². The molecule has 1 heterocycles. The summed E-state index contributed by atoms with van der Waals surface area (Å²) in [5, 5.41) is 3.38. The molecule has 2 unspecified atom stereocenters. The number of nitrogens with zero attached hydrogens (tertiary/aromatic N) is 1. The summed E-state index contributed by atoms with van der Waals surface area (Å²) < 4.78 is 5.66. The molecule has 2 aliphatic rings. The maximum Gasteiger partial charge on any atom is 0.220 e. The molecule has 1 amide bonds. The minimum absolute atomic E-state index is 0.216. The van der Waals surface area contributed by atoms with Crippen molar-refractivity contribution in [2.24, 2.45) is 11.8 Å². The van der Waals surface area contributed by atoms with Crippen LogP contribution in [0, 0.1) is 11.8 Å². The van der Waals surface area contributed by atoms with E-state index in [1.54, 1.807) is 0 Å². The van der Waals surface area contributed by atoms with E-state index in [4.69, 9.17) is 4.74 Å². The molecule has 3 atom stereocenters. The van der Waals surface area contributed by atoms with Gasteiger partial charge in [-0.15, -0.1) is 0 Å². The predicted octanol–water partition coefficient (Wildman–Crippen LogP) is 4.04. The lowest BCUT2D eigenvalue weighted by Crippen LogP contribution is -2.48. The molecule has 28 heavy (non-hydrogen) atoms. The van der Waals surface area contributed by atoms with Gasteiger partial charge in [0.15, 0.2) is 0 Å². The zero-order valence-corrected chi connectivity index (χ0v) is 17.6. The number of hydrogen-bond acceptors (Lipinski definition) is 3. The van der Waals surface area contributed by atoms with Gasteiger partial charge in [0.2, 0.25) is 5.91 Å². The number of hydrogen-bond donors (Lipinski definition) is 1. The molecule has 0 bridgehead atoms. The molecule has 2 fully saturated rings. The topological polar surface area (TPSA) is 41.6 Å². The molecule has 1 saturated carbocycles. The fourth-order valence-electron chi connectivity index (χ4n) is 4.87. The second kappa shape index (κ2) is 11.6. The fraction of sp³-hybridized carbons (Fsp3) is 0.708. The van der Waals surface area contributed by atoms with Crippen molar-refractivity contribution in [1.82, 2.24) is 10.2 Å². The Morgan fingerprint density at radius 2 is 1.96 bits per heavy atom. The van der Waals surface area contributed by atoms with E-state index in [0.29, 0.717) is 24.3 Å². The molecule has 1 aromatic carbocycles. The van der Waals surface area contributed by atoms with E-state index in [0.717, 1.165) is 39.1 Å². The molecule has 0 aromatic heterocycles. The number of carbonyl (C=O) groups is 1. The van der Waals surface area contributed by atoms with Crippen molar-refractivity contribution >= 4 is 5.91 Å². The van der Waals surface area contributed by atoms with Crippen LogP contribution in [-0.4, -0.2) is 49.7 Å². The number of carbonyl (C=O) groups excluding carboxylic acids is 1. The van der Waals surface area contributed by atoms with Gasteiger partial charge in [-0.1, -0.05) is 43.2 Å². The minimum atomic E-state index is 0.216. The molecule has 0 spiro atoms. The molecule has 156 valence electrons. The lowest BCUT2D eigenvalue weighted by atomic mass is 9.83. The minimum Gasteiger partial charge on any atom is -0.381 e. The number of piperidine rings is 1. The Bertz CT molecular complexity index is 577. The SMILES string of the molecule is CCOCC1CCCN(CC2CCCC[C@@H]2NC(=O)CCc2ccccc2)C1. The van der Waals surface area contributed by atoms with Crippen molar-refractivity contribution in [2.75, 3.05) is 32.8 Å². The summed E-state index contributed by atoms with van der Waals surface area (Å²) in [6.07, 6.45) is 8.92. The van der Waals surface area contributed by atoms with Crippen LogP contribution in [0.4, 0.5) is 0 Å². The van der Waals surface area contributed by atoms with E-state index in [-0.39, 0.29) is 5.91 Å². The lowest BCUT2D eigenvalue weighted by molar-refractivity contribution is -0.122. The normalized spacial score (nSPS) is 26.1. The Morgan fingerprint density at radius 3 is 2.79 bits per heavy atom. The maximum absolute atomic E-state index is 12.6. The number of benzene rings is 1. The van der Waals surface area contributed by atoms with E-state index in [1.807, 2.05) is 18.2 Å². The first-order valence-electron chi connectivity index (χ1n) is 11.4. The largest absolute Gasteiger partial charge is 0.381 e. The third-order valence-corrected chi connectivity index (χ3v) is 6.39. The predicted molar refractivity (Wildman–Crippen MR) is 114 cm³/mol. The van der Waals surface area contributed by atoms with Crippen LogP contribution in [-0.2, 0) is 16.0 Å². The smallest absolute Gasteiger partial charge is 0.220 e. The van der Waals surface area contributed by atoms with Gasteiger partial charge in [-0.3, -0.25) is 4.79 Å². The third-order valence-electron chi connectivity index (χ3n) is 6.39. The van der Waals surface area contributed by atoms with Crippen LogP contribution in [0.25, 0.3) is 0 Å². The van der Waals surface area contributed by atoms with Gasteiger partial charge in [0.05, 0.1) is 6.61 Å². The van der Waals surface area contributed by atoms with Crippen molar-refractivity contribution in [2.45, 2.75) is 64.3 Å². The van der Waals surface area contributed by atoms with E-state index in [9.17, 15) is 4.79 Å². The summed E-state index contributed by atoms with van der Waals surface area (Å²) in [4.78, 5) is 15.2. The molecule has 4 nitrogen and oxygen atoms in total. The zero-order valence-electron chi connectivity index (χ0n) is 17.6. The van der Waals surface area contributed by atoms with Crippen molar-refractivity contribution in [3.63, 3.8) is 0 Å². The van der Waals surface area contributed by atoms with Crippen LogP contribution in [0.2, 0.25) is 0 Å². The Balaban J connectivity index is 1.46. The summed E-state index contributed by atoms with van der Waals surface area (Å²) in [6, 6.07) is 10.7. The van der Waals surface area contributed by atoms with Gasteiger partial charge in [-0.2, -0.15) is 0 Å². The summed E-state index contributed by atoms with van der Waals surface area (Å²) >= 11 is 0. The number of rotatable bonds is 9. The zero-order chi connectivity index (χ0) is 19.6. The first-order chi connectivity index (χ1) is 13.7. The molecule has 1 saturated heterocycles. The average Bonchev–Trinajstić information content (AvgIpc) is 2.73. The highest BCUT2D eigenvalue weighted by atomic mass is 16.5. The second-order valence-electron chi connectivity index (χ2n) is 8.63. The Hall–Kier alpha value is -1.39. The number of ether oxygens (including phenoxy) is 1. The van der Waals surface area contributed by atoms with Crippen LogP contribution < -0.4 is 5.32 Å². The van der Waals surface area contributed by atoms with Crippen LogP contribution in [0.1, 0.15) is 57.4 Å². The Labute approximate surface area is 171 Å². The molecular formula is C24H38N2O2. The van der Waals surface area contributed by atoms with Crippen molar-refractivity contribution < 1.29 is 9.53 Å². The van der Waals surface area contributed by atoms with E-state index in [1.165, 1.54) is 44.2 Å². The van der Waals surface area contributed by atoms with Crippen LogP contribution in [0.5, 0.6) is 0 Å². The quantitative estimate of drug-likeness (QED) is 0.696. The summed E-state index contributed by atoms with van der Waals surface area (Å²) in [5.74, 6) is 1.49. The lowest BCUT2D eigenvalue weighted by Gasteiger charge is -2.39. The molecule has 1 aliphatic heterocycles. The number of amides is 1. The molecule has 1 aliphatic carbocycles. The highest BCUT2D eigenvalue weighted by Gasteiger charge is 2.30. The maximum atomic E-state index is 12.6. The van der Waals surface area contributed by atoms with E-state index in [2.05, 4.69) is 29.3 Å². The van der Waals surface area contributed by atoms with Crippen LogP contribution in [0.15, 0.2) is 30.3 Å². The fourth-order valence-corrected chi connectivity index (χ4v) is 4.87. The highest BCUT2D eigenvalue weighted by Crippen LogP contribution is 2.27. The van der Waals surface area contributed by atoms with Gasteiger partial charge < -0.3 is 15.0 Å². The van der Waals surface area contributed by atoms with Crippen LogP contribution >= 0.6 is 0 Å². The van der Waals surface area contributed by atoms with Crippen molar-refractivity contribution in [3.05, 3.63) is 35.9 Å². The molecule has 1 N–H and O–H groups in total. The number of aryl methyl sites for hydroxylation is 1. The average molecular weight is 387 g/mol. The first kappa shape index (κ1) is 21.3. The van der Waals surface area contributed by atoms with Crippen molar-refractivity contribution in [3.8, 4) is 0 Å². The summed E-state index contributed by atoms with van der Waals surface area (Å²) in [5.41, 5.74) is 1.24. The third kappa shape index (κ3) is 6.89. The van der Waals surface area contributed by atoms with E-state index >= 15 is 0 Å². The summed E-state index contributed by atoms with van der Waals surface area (Å²) in [7, 11) is 0. The van der Waals surface area contributed by atoms with Gasteiger partial charge in [-0.05, 0) is 63.0 Å². The number of nitrogens with one attached hydrogen (secondary N) is 1. The Kier molecular flexibility index (Phi) is 8.81. The molecular weight excluding hydrogens is 348 g/mol. The molecule has 1 aromatic rings. The first-order valence-corrected chi connectivity index (χ1v) is 11.4. The molecule has 0 radical (unpaired) electrons. The van der Waals surface area contributed by atoms with Gasteiger partial charge in [-0.25, -0.2) is 0 Å². The molecule has 4 heteroatoms. The monoisotopic (exact) mass is 386 g/mol. The number of likely N-dealkylation sites (tertiary alicyclic amines) is 1. The van der Waals surface area contributed by atoms with Gasteiger partial charge in [0, 0.05) is 32.2 Å². The van der Waals surface area contributed by atoms with Gasteiger partial charge in [0.1, 0.15) is 0 Å².